The second kappa shape index (κ2) is 6.53. The van der Waals surface area contributed by atoms with Crippen LogP contribution in [0.4, 0.5) is 5.69 Å². The molecule has 1 N–H and O–H groups in total. The van der Waals surface area contributed by atoms with Crippen LogP contribution >= 0.6 is 0 Å². The van der Waals surface area contributed by atoms with Crippen LogP contribution in [-0.2, 0) is 4.74 Å². The number of hydrogen-bond donors (Lipinski definition) is 1. The maximum absolute atomic E-state index is 8.72. The average molecular weight is 253 g/mol. The van der Waals surface area contributed by atoms with Crippen LogP contribution in [0.5, 0.6) is 0 Å². The molecule has 0 aliphatic carbocycles. The van der Waals surface area contributed by atoms with E-state index < -0.39 is 0 Å². The Morgan fingerprint density at radius 3 is 2.63 bits per heavy atom. The molecule has 1 atom stereocenters. The maximum Gasteiger partial charge on any atom is 0.140 e. The van der Waals surface area contributed by atoms with Crippen molar-refractivity contribution < 1.29 is 4.74 Å². The van der Waals surface area contributed by atoms with Gasteiger partial charge in [0, 0.05) is 7.11 Å². The van der Waals surface area contributed by atoms with Gasteiger partial charge in [-0.2, -0.15) is 5.26 Å². The van der Waals surface area contributed by atoms with Crippen molar-refractivity contribution in [2.75, 3.05) is 19.0 Å². The summed E-state index contributed by atoms with van der Waals surface area (Å²) in [6, 6.07) is 15.7. The third-order valence-electron chi connectivity index (χ3n) is 2.75. The van der Waals surface area contributed by atoms with Crippen molar-refractivity contribution in [2.24, 2.45) is 0 Å². The van der Waals surface area contributed by atoms with Crippen LogP contribution in [0, 0.1) is 11.3 Å². The quantitative estimate of drug-likeness (QED) is 0.890. The van der Waals surface area contributed by atoms with Gasteiger partial charge in [0.2, 0.25) is 0 Å². The van der Waals surface area contributed by atoms with E-state index in [1.165, 1.54) is 0 Å². The number of nitrogens with zero attached hydrogens (tertiary/aromatic N) is 2. The van der Waals surface area contributed by atoms with Gasteiger partial charge in [-0.3, -0.25) is 0 Å². The zero-order chi connectivity index (χ0) is 13.5. The van der Waals surface area contributed by atoms with Crippen molar-refractivity contribution in [3.8, 4) is 6.07 Å². The number of hydrogen-bond acceptors (Lipinski definition) is 4. The van der Waals surface area contributed by atoms with Crippen LogP contribution in [0.1, 0.15) is 17.3 Å². The molecule has 0 radical (unpaired) electrons. The van der Waals surface area contributed by atoms with E-state index in [1.807, 2.05) is 42.5 Å². The Morgan fingerprint density at radius 2 is 2.05 bits per heavy atom. The van der Waals surface area contributed by atoms with Crippen LogP contribution in [-0.4, -0.2) is 18.7 Å². The molecule has 0 saturated carbocycles. The second-order valence-corrected chi connectivity index (χ2v) is 4.11. The Bertz CT molecular complexity index is 546. The van der Waals surface area contributed by atoms with Gasteiger partial charge in [0.05, 0.1) is 24.5 Å². The first-order chi connectivity index (χ1) is 9.33. The fourth-order valence-corrected chi connectivity index (χ4v) is 1.82. The highest BCUT2D eigenvalue weighted by molar-refractivity contribution is 5.45. The van der Waals surface area contributed by atoms with E-state index >= 15 is 0 Å². The molecule has 4 heteroatoms. The minimum absolute atomic E-state index is 0.0564. The molecular formula is C15H15N3O. The van der Waals surface area contributed by atoms with Crippen LogP contribution < -0.4 is 5.32 Å². The van der Waals surface area contributed by atoms with Crippen molar-refractivity contribution in [2.45, 2.75) is 6.04 Å². The summed E-state index contributed by atoms with van der Waals surface area (Å²) >= 11 is 0. The first kappa shape index (κ1) is 13.1. The number of anilines is 1. The second-order valence-electron chi connectivity index (χ2n) is 4.11. The van der Waals surface area contributed by atoms with Gasteiger partial charge in [-0.05, 0) is 17.7 Å². The van der Waals surface area contributed by atoms with Gasteiger partial charge in [0.15, 0.2) is 0 Å². The van der Waals surface area contributed by atoms with Crippen molar-refractivity contribution in [3.05, 3.63) is 59.9 Å². The first-order valence-electron chi connectivity index (χ1n) is 6.00. The molecule has 0 fully saturated rings. The Balaban J connectivity index is 2.14. The highest BCUT2D eigenvalue weighted by Gasteiger charge is 2.10. The molecule has 4 nitrogen and oxygen atoms in total. The van der Waals surface area contributed by atoms with E-state index in [2.05, 4.69) is 10.3 Å². The van der Waals surface area contributed by atoms with E-state index in [0.717, 1.165) is 11.3 Å². The number of aromatic nitrogens is 1. The smallest absolute Gasteiger partial charge is 0.140 e. The van der Waals surface area contributed by atoms with Crippen molar-refractivity contribution in [3.63, 3.8) is 0 Å². The van der Waals surface area contributed by atoms with Gasteiger partial charge in [0.25, 0.3) is 0 Å². The molecule has 0 aliphatic heterocycles. The van der Waals surface area contributed by atoms with Crippen LogP contribution in [0.25, 0.3) is 0 Å². The fraction of sp³-hybridized carbons (Fsp3) is 0.200. The third kappa shape index (κ3) is 3.54. The summed E-state index contributed by atoms with van der Waals surface area (Å²) in [7, 11) is 1.68. The van der Waals surface area contributed by atoms with Gasteiger partial charge >= 0.3 is 0 Å². The van der Waals surface area contributed by atoms with Crippen LogP contribution in [0.2, 0.25) is 0 Å². The monoisotopic (exact) mass is 253 g/mol. The number of rotatable bonds is 5. The zero-order valence-electron chi connectivity index (χ0n) is 10.7. The molecule has 0 bridgehead atoms. The molecule has 1 heterocycles. The standard InChI is InChI=1S/C15H15N3O/c1-19-11-15(12-5-3-2-4-6-12)18-14-8-7-13(9-16)17-10-14/h2-8,10,15,18H,11H2,1H3/t15-/m1/s1. The molecule has 0 spiro atoms. The number of nitrogens with one attached hydrogen (secondary N) is 1. The summed E-state index contributed by atoms with van der Waals surface area (Å²) in [6.07, 6.45) is 1.66. The van der Waals surface area contributed by atoms with Crippen LogP contribution in [0.3, 0.4) is 0 Å². The van der Waals surface area contributed by atoms with Gasteiger partial charge in [-0.1, -0.05) is 30.3 Å². The molecule has 0 aliphatic rings. The van der Waals surface area contributed by atoms with E-state index in [9.17, 15) is 0 Å². The van der Waals surface area contributed by atoms with Crippen molar-refractivity contribution in [1.82, 2.24) is 4.98 Å². The molecule has 1 aromatic heterocycles. The fourth-order valence-electron chi connectivity index (χ4n) is 1.82. The maximum atomic E-state index is 8.72. The number of ether oxygens (including phenoxy) is 1. The van der Waals surface area contributed by atoms with E-state index in [1.54, 1.807) is 19.4 Å². The summed E-state index contributed by atoms with van der Waals surface area (Å²) < 4.78 is 5.24. The summed E-state index contributed by atoms with van der Waals surface area (Å²) in [6.45, 7) is 0.560. The summed E-state index contributed by atoms with van der Waals surface area (Å²) in [5.74, 6) is 0. The Hall–Kier alpha value is -2.38. The summed E-state index contributed by atoms with van der Waals surface area (Å²) in [4.78, 5) is 4.04. The summed E-state index contributed by atoms with van der Waals surface area (Å²) in [5, 5.41) is 12.1. The highest BCUT2D eigenvalue weighted by atomic mass is 16.5. The molecule has 19 heavy (non-hydrogen) atoms. The lowest BCUT2D eigenvalue weighted by Crippen LogP contribution is -2.16. The van der Waals surface area contributed by atoms with E-state index in [4.69, 9.17) is 10.00 Å². The predicted molar refractivity (Wildman–Crippen MR) is 73.6 cm³/mol. The number of nitriles is 1. The van der Waals surface area contributed by atoms with E-state index in [0.29, 0.717) is 12.3 Å². The predicted octanol–water partition coefficient (Wildman–Crippen LogP) is 2.75. The highest BCUT2D eigenvalue weighted by Crippen LogP contribution is 2.19. The first-order valence-corrected chi connectivity index (χ1v) is 6.00. The van der Waals surface area contributed by atoms with Crippen molar-refractivity contribution >= 4 is 5.69 Å². The minimum atomic E-state index is 0.0564. The molecule has 2 aromatic rings. The summed E-state index contributed by atoms with van der Waals surface area (Å²) in [5.41, 5.74) is 2.42. The molecule has 0 unspecified atom stereocenters. The largest absolute Gasteiger partial charge is 0.382 e. The van der Waals surface area contributed by atoms with Gasteiger partial charge in [0.1, 0.15) is 11.8 Å². The number of benzene rings is 1. The number of methoxy groups -OCH3 is 1. The Morgan fingerprint density at radius 1 is 1.26 bits per heavy atom. The lowest BCUT2D eigenvalue weighted by atomic mass is 10.1. The lowest BCUT2D eigenvalue weighted by Gasteiger charge is -2.19. The average Bonchev–Trinajstić information content (AvgIpc) is 2.48. The SMILES string of the molecule is COC[C@@H](Nc1ccc(C#N)nc1)c1ccccc1. The zero-order valence-corrected chi connectivity index (χ0v) is 10.7. The lowest BCUT2D eigenvalue weighted by molar-refractivity contribution is 0.186. The number of pyridine rings is 1. The molecule has 2 rings (SSSR count). The van der Waals surface area contributed by atoms with Gasteiger partial charge in [-0.25, -0.2) is 4.98 Å². The normalized spacial score (nSPS) is 11.6. The Labute approximate surface area is 112 Å². The van der Waals surface area contributed by atoms with Gasteiger partial charge in [-0.15, -0.1) is 0 Å². The van der Waals surface area contributed by atoms with Gasteiger partial charge < -0.3 is 10.1 Å². The van der Waals surface area contributed by atoms with Crippen molar-refractivity contribution in [1.29, 1.82) is 5.26 Å². The molecular weight excluding hydrogens is 238 g/mol. The molecule has 1 aromatic carbocycles. The molecule has 0 saturated heterocycles. The molecule has 0 amide bonds. The van der Waals surface area contributed by atoms with E-state index in [-0.39, 0.29) is 6.04 Å². The molecule has 96 valence electrons. The topological polar surface area (TPSA) is 57.9 Å². The van der Waals surface area contributed by atoms with Crippen LogP contribution in [0.15, 0.2) is 48.7 Å². The Kier molecular flexibility index (Phi) is 4.49. The minimum Gasteiger partial charge on any atom is -0.382 e. The third-order valence-corrected chi connectivity index (χ3v) is 2.75.